The Labute approximate surface area is 116 Å². The summed E-state index contributed by atoms with van der Waals surface area (Å²) in [4.78, 5) is 0.547. The van der Waals surface area contributed by atoms with Gasteiger partial charge >= 0.3 is 0 Å². The summed E-state index contributed by atoms with van der Waals surface area (Å²) in [5.41, 5.74) is 6.15. The Balaban J connectivity index is 2.69. The van der Waals surface area contributed by atoms with Gasteiger partial charge in [-0.1, -0.05) is 6.92 Å². The maximum Gasteiger partial charge on any atom is 0.150 e. The molecule has 5 nitrogen and oxygen atoms in total. The minimum atomic E-state index is -3.01. The molecule has 1 unspecified atom stereocenters. The van der Waals surface area contributed by atoms with Crippen molar-refractivity contribution in [3.8, 4) is 5.75 Å². The van der Waals surface area contributed by atoms with Crippen molar-refractivity contribution in [2.24, 2.45) is 0 Å². The summed E-state index contributed by atoms with van der Waals surface area (Å²) < 4.78 is 39.9. The van der Waals surface area contributed by atoms with Gasteiger partial charge in [-0.05, 0) is 18.6 Å². The molecular weight excluding hydrogens is 286 g/mol. The van der Waals surface area contributed by atoms with Crippen LogP contribution >= 0.6 is 0 Å². The van der Waals surface area contributed by atoms with Gasteiger partial charge in [0.15, 0.2) is 0 Å². The number of benzene rings is 1. The van der Waals surface area contributed by atoms with Crippen molar-refractivity contribution >= 4 is 26.3 Å². The maximum atomic E-state index is 12.1. The number of methoxy groups -OCH3 is 1. The zero-order valence-electron chi connectivity index (χ0n) is 11.1. The van der Waals surface area contributed by atoms with E-state index in [0.29, 0.717) is 28.5 Å². The second-order valence-electron chi connectivity index (χ2n) is 4.05. The summed E-state index contributed by atoms with van der Waals surface area (Å²) in [7, 11) is -2.81. The lowest BCUT2D eigenvalue weighted by Crippen LogP contribution is -2.12. The van der Waals surface area contributed by atoms with Crippen molar-refractivity contribution in [3.05, 3.63) is 18.2 Å². The first-order valence-corrected chi connectivity index (χ1v) is 9.06. The van der Waals surface area contributed by atoms with Crippen LogP contribution in [0.2, 0.25) is 0 Å². The molecular formula is C12H19NO4S2. The van der Waals surface area contributed by atoms with Crippen LogP contribution in [-0.4, -0.2) is 37.0 Å². The average molecular weight is 305 g/mol. The summed E-state index contributed by atoms with van der Waals surface area (Å²) in [6.07, 6.45) is 0.371. The third kappa shape index (κ3) is 4.83. The highest BCUT2D eigenvalue weighted by Crippen LogP contribution is 2.25. The van der Waals surface area contributed by atoms with Gasteiger partial charge in [-0.15, -0.1) is 0 Å². The van der Waals surface area contributed by atoms with E-state index in [1.165, 1.54) is 7.11 Å². The van der Waals surface area contributed by atoms with Crippen molar-refractivity contribution in [2.75, 3.05) is 30.1 Å². The van der Waals surface area contributed by atoms with Gasteiger partial charge in [0.25, 0.3) is 0 Å². The molecule has 0 saturated heterocycles. The SMILES string of the molecule is CCS(=O)(=O)CCCS(=O)c1ccc(N)cc1OC. The molecule has 0 heterocycles. The molecule has 2 N–H and O–H groups in total. The standard InChI is InChI=1S/C12H19NO4S2/c1-3-19(15,16)8-4-7-18(14)12-6-5-10(13)9-11(12)17-2/h5-6,9H,3-4,7-8,13H2,1-2H3. The fourth-order valence-corrected chi connectivity index (χ4v) is 3.80. The zero-order valence-corrected chi connectivity index (χ0v) is 12.7. The van der Waals surface area contributed by atoms with Crippen molar-refractivity contribution in [2.45, 2.75) is 18.2 Å². The second kappa shape index (κ2) is 6.91. The van der Waals surface area contributed by atoms with Gasteiger partial charge in [0, 0.05) is 23.3 Å². The summed E-state index contributed by atoms with van der Waals surface area (Å²) in [5.74, 6) is 0.938. The van der Waals surface area contributed by atoms with Crippen molar-refractivity contribution < 1.29 is 17.4 Å². The first kappa shape index (κ1) is 16.0. The Hall–Kier alpha value is -1.08. The molecule has 1 rings (SSSR count). The van der Waals surface area contributed by atoms with Crippen LogP contribution < -0.4 is 10.5 Å². The second-order valence-corrected chi connectivity index (χ2v) is 8.06. The summed E-state index contributed by atoms with van der Waals surface area (Å²) >= 11 is 0. The predicted molar refractivity (Wildman–Crippen MR) is 77.6 cm³/mol. The quantitative estimate of drug-likeness (QED) is 0.765. The van der Waals surface area contributed by atoms with Crippen molar-refractivity contribution in [3.63, 3.8) is 0 Å². The fourth-order valence-electron chi connectivity index (χ4n) is 1.54. The highest BCUT2D eigenvalue weighted by molar-refractivity contribution is 7.91. The van der Waals surface area contributed by atoms with Gasteiger partial charge in [0.05, 0.1) is 28.6 Å². The van der Waals surface area contributed by atoms with E-state index in [2.05, 4.69) is 0 Å². The predicted octanol–water partition coefficient (Wildman–Crippen LogP) is 1.21. The highest BCUT2D eigenvalue weighted by atomic mass is 32.2. The molecule has 1 aromatic carbocycles. The van der Waals surface area contributed by atoms with Gasteiger partial charge in [0.1, 0.15) is 15.6 Å². The number of nitrogens with two attached hydrogens (primary N) is 1. The number of nitrogen functional groups attached to an aromatic ring is 1. The molecule has 0 saturated carbocycles. The monoisotopic (exact) mass is 305 g/mol. The van der Waals surface area contributed by atoms with Crippen LogP contribution in [0.3, 0.4) is 0 Å². The van der Waals surface area contributed by atoms with Crippen molar-refractivity contribution in [1.82, 2.24) is 0 Å². The lowest BCUT2D eigenvalue weighted by molar-refractivity contribution is 0.404. The van der Waals surface area contributed by atoms with Crippen LogP contribution in [0.4, 0.5) is 5.69 Å². The Bertz CT molecular complexity index is 555. The van der Waals surface area contributed by atoms with E-state index in [9.17, 15) is 12.6 Å². The Morgan fingerprint density at radius 2 is 2.05 bits per heavy atom. The molecule has 0 aliphatic carbocycles. The molecule has 7 heteroatoms. The largest absolute Gasteiger partial charge is 0.495 e. The number of hydrogen-bond acceptors (Lipinski definition) is 5. The number of anilines is 1. The van der Waals surface area contributed by atoms with Crippen LogP contribution in [0, 0.1) is 0 Å². The molecule has 0 aromatic heterocycles. The molecule has 0 spiro atoms. The number of ether oxygens (including phenoxy) is 1. The van der Waals surface area contributed by atoms with Gasteiger partial charge < -0.3 is 10.5 Å². The molecule has 0 fully saturated rings. The van der Waals surface area contributed by atoms with Crippen LogP contribution in [0.1, 0.15) is 13.3 Å². The third-order valence-corrected chi connectivity index (χ3v) is 5.94. The Morgan fingerprint density at radius 1 is 1.37 bits per heavy atom. The van der Waals surface area contributed by atoms with E-state index < -0.39 is 20.6 Å². The van der Waals surface area contributed by atoms with E-state index >= 15 is 0 Å². The molecule has 0 radical (unpaired) electrons. The van der Waals surface area contributed by atoms with Gasteiger partial charge in [-0.25, -0.2) is 8.42 Å². The highest BCUT2D eigenvalue weighted by Gasteiger charge is 2.13. The van der Waals surface area contributed by atoms with Crippen molar-refractivity contribution in [1.29, 1.82) is 0 Å². The molecule has 0 aliphatic heterocycles. The lowest BCUT2D eigenvalue weighted by atomic mass is 10.3. The zero-order chi connectivity index (χ0) is 14.5. The molecule has 0 amide bonds. The summed E-state index contributed by atoms with van der Waals surface area (Å²) in [6.45, 7) is 1.61. The molecule has 1 atom stereocenters. The average Bonchev–Trinajstić information content (AvgIpc) is 2.38. The van der Waals surface area contributed by atoms with Crippen LogP contribution in [0.5, 0.6) is 5.75 Å². The number of rotatable bonds is 7. The fraction of sp³-hybridized carbons (Fsp3) is 0.500. The molecule has 108 valence electrons. The van der Waals surface area contributed by atoms with E-state index in [0.717, 1.165) is 0 Å². The van der Waals surface area contributed by atoms with Crippen LogP contribution in [0.25, 0.3) is 0 Å². The van der Waals surface area contributed by atoms with Crippen LogP contribution in [-0.2, 0) is 20.6 Å². The topological polar surface area (TPSA) is 86.5 Å². The van der Waals surface area contributed by atoms with E-state index in [4.69, 9.17) is 10.5 Å². The summed E-state index contributed by atoms with van der Waals surface area (Å²) in [6, 6.07) is 4.91. The van der Waals surface area contributed by atoms with E-state index in [1.54, 1.807) is 25.1 Å². The molecule has 1 aromatic rings. The first-order valence-electron chi connectivity index (χ1n) is 5.92. The Kier molecular flexibility index (Phi) is 5.81. The summed E-state index contributed by atoms with van der Waals surface area (Å²) in [5, 5.41) is 0. The van der Waals surface area contributed by atoms with E-state index in [1.807, 2.05) is 0 Å². The Morgan fingerprint density at radius 3 is 2.63 bits per heavy atom. The van der Waals surface area contributed by atoms with Gasteiger partial charge in [0.2, 0.25) is 0 Å². The van der Waals surface area contributed by atoms with Crippen LogP contribution in [0.15, 0.2) is 23.1 Å². The smallest absolute Gasteiger partial charge is 0.150 e. The maximum absolute atomic E-state index is 12.1. The molecule has 0 bridgehead atoms. The van der Waals surface area contributed by atoms with E-state index in [-0.39, 0.29) is 11.5 Å². The van der Waals surface area contributed by atoms with Gasteiger partial charge in [-0.2, -0.15) is 0 Å². The first-order chi connectivity index (χ1) is 8.89. The molecule has 0 aliphatic rings. The normalized spacial score (nSPS) is 13.2. The number of hydrogen-bond donors (Lipinski definition) is 1. The lowest BCUT2D eigenvalue weighted by Gasteiger charge is -2.09. The van der Waals surface area contributed by atoms with Gasteiger partial charge in [-0.3, -0.25) is 4.21 Å². The minimum absolute atomic E-state index is 0.0620. The molecule has 19 heavy (non-hydrogen) atoms. The third-order valence-electron chi connectivity index (χ3n) is 2.66. The number of sulfone groups is 1. The minimum Gasteiger partial charge on any atom is -0.495 e.